The fraction of sp³-hybridized carbons (Fsp3) is 0.297. The molecule has 0 bridgehead atoms. The normalized spacial score (nSPS) is 13.1. The van der Waals surface area contributed by atoms with Gasteiger partial charge in [-0.2, -0.15) is 0 Å². The Balaban J connectivity index is 2.03. The summed E-state index contributed by atoms with van der Waals surface area (Å²) in [4.78, 5) is 0. The molecule has 43 heavy (non-hydrogen) atoms. The van der Waals surface area contributed by atoms with Crippen LogP contribution in [-0.2, 0) is 13.0 Å². The number of hydrogen-bond donors (Lipinski definition) is 0. The number of benzene rings is 4. The molecule has 4 aromatic rings. The molecule has 0 amide bonds. The van der Waals surface area contributed by atoms with Gasteiger partial charge in [0, 0.05) is 6.16 Å². The van der Waals surface area contributed by atoms with Crippen molar-refractivity contribution in [2.45, 2.75) is 64.5 Å². The van der Waals surface area contributed by atoms with E-state index >= 15 is 4.57 Å². The lowest BCUT2D eigenvalue weighted by Gasteiger charge is -2.48. The summed E-state index contributed by atoms with van der Waals surface area (Å²) in [5, 5.41) is 3.65. The van der Waals surface area contributed by atoms with E-state index in [1.54, 1.807) is 0 Å². The maximum absolute atomic E-state index is 15.9. The molecule has 6 heteroatoms. The largest absolute Gasteiger partial charge is 0.341 e. The highest BCUT2D eigenvalue weighted by molar-refractivity contribution is 7.58. The molecule has 0 aliphatic heterocycles. The van der Waals surface area contributed by atoms with Crippen molar-refractivity contribution >= 4 is 45.0 Å². The van der Waals surface area contributed by atoms with E-state index in [1.165, 1.54) is 0 Å². The van der Waals surface area contributed by atoms with Crippen molar-refractivity contribution in [3.05, 3.63) is 134 Å². The van der Waals surface area contributed by atoms with Crippen LogP contribution in [0.3, 0.4) is 0 Å². The lowest BCUT2D eigenvalue weighted by atomic mass is 10.2. The van der Waals surface area contributed by atoms with Crippen molar-refractivity contribution in [3.8, 4) is 0 Å². The first-order valence-corrected chi connectivity index (χ1v) is 20.8. The van der Waals surface area contributed by atoms with Crippen molar-refractivity contribution in [2.75, 3.05) is 6.16 Å². The van der Waals surface area contributed by atoms with E-state index in [0.29, 0.717) is 12.6 Å². The zero-order chi connectivity index (χ0) is 31.2. The Bertz CT molecular complexity index is 1310. The quantitative estimate of drug-likeness (QED) is 0.0687. The van der Waals surface area contributed by atoms with E-state index in [9.17, 15) is 0 Å². The third kappa shape index (κ3) is 6.82. The van der Waals surface area contributed by atoms with Gasteiger partial charge in [-0.1, -0.05) is 169 Å². The predicted octanol–water partition coefficient (Wildman–Crippen LogP) is 8.30. The minimum Gasteiger partial charge on any atom is -0.341 e. The van der Waals surface area contributed by atoms with Crippen LogP contribution in [0.15, 0.2) is 134 Å². The first kappa shape index (κ1) is 33.1. The Morgan fingerprint density at radius 3 is 1.09 bits per heavy atom. The van der Waals surface area contributed by atoms with Gasteiger partial charge in [0.15, 0.2) is 0 Å². The number of rotatable bonds is 12. The molecular weight excluding hydrogens is 580 g/mol. The van der Waals surface area contributed by atoms with Crippen LogP contribution in [0.2, 0.25) is 10.1 Å². The molecule has 226 valence electrons. The predicted molar refractivity (Wildman–Crippen MR) is 189 cm³/mol. The van der Waals surface area contributed by atoms with Gasteiger partial charge >= 0.3 is 7.60 Å². The minimum atomic E-state index is -3.77. The summed E-state index contributed by atoms with van der Waals surface area (Å²) in [6.45, 7) is 17.3. The van der Waals surface area contributed by atoms with Crippen LogP contribution in [0, 0.1) is 0 Å². The highest BCUT2D eigenvalue weighted by Gasteiger charge is 2.59. The van der Waals surface area contributed by atoms with Crippen molar-refractivity contribution in [1.29, 1.82) is 0 Å². The fourth-order valence-corrected chi connectivity index (χ4v) is 22.0. The number of allylic oxidation sites excluding steroid dienone is 1. The Morgan fingerprint density at radius 1 is 0.581 bits per heavy atom. The molecule has 0 heterocycles. The van der Waals surface area contributed by atoms with Gasteiger partial charge in [0.1, 0.15) is 0 Å². The maximum Gasteiger partial charge on any atom is 0.312 e. The van der Waals surface area contributed by atoms with Gasteiger partial charge in [0.2, 0.25) is 0 Å². The SMILES string of the molecule is C=CCCCP(=O)(O[Si](c1ccccc1)(c1ccccc1)C(C)(C)C)O[Si](c1ccccc1)(c1ccccc1)C(C)(C)C. The van der Waals surface area contributed by atoms with E-state index in [0.717, 1.165) is 27.2 Å². The Morgan fingerprint density at radius 2 is 0.860 bits per heavy atom. The van der Waals surface area contributed by atoms with E-state index in [-0.39, 0.29) is 10.1 Å². The molecule has 0 aromatic heterocycles. The molecule has 0 spiro atoms. The van der Waals surface area contributed by atoms with Gasteiger partial charge in [-0.05, 0) is 43.7 Å². The molecule has 4 rings (SSSR count). The topological polar surface area (TPSA) is 35.5 Å². The van der Waals surface area contributed by atoms with Gasteiger partial charge in [-0.3, -0.25) is 4.57 Å². The molecular formula is C37H47O3PSi2. The molecule has 4 aromatic carbocycles. The Hall–Kier alpha value is -2.80. The average Bonchev–Trinajstić information content (AvgIpc) is 2.99. The summed E-state index contributed by atoms with van der Waals surface area (Å²) in [5.41, 5.74) is 0. The second-order valence-electron chi connectivity index (χ2n) is 13.3. The van der Waals surface area contributed by atoms with Crippen LogP contribution in [0.4, 0.5) is 0 Å². The van der Waals surface area contributed by atoms with Crippen LogP contribution in [0.5, 0.6) is 0 Å². The fourth-order valence-electron chi connectivity index (χ4n) is 6.20. The van der Waals surface area contributed by atoms with Crippen molar-refractivity contribution in [2.24, 2.45) is 0 Å². The highest BCUT2D eigenvalue weighted by Crippen LogP contribution is 2.59. The van der Waals surface area contributed by atoms with Crippen molar-refractivity contribution < 1.29 is 13.0 Å². The van der Waals surface area contributed by atoms with Gasteiger partial charge in [0.25, 0.3) is 16.6 Å². The lowest BCUT2D eigenvalue weighted by molar-refractivity contribution is 0.365. The highest BCUT2D eigenvalue weighted by atomic mass is 31.2. The third-order valence-corrected chi connectivity index (χ3v) is 22.3. The van der Waals surface area contributed by atoms with Crippen LogP contribution in [0.1, 0.15) is 54.4 Å². The summed E-state index contributed by atoms with van der Waals surface area (Å²) < 4.78 is 30.8. The molecule has 3 nitrogen and oxygen atoms in total. The van der Waals surface area contributed by atoms with E-state index < -0.39 is 24.2 Å². The molecule has 0 atom stereocenters. The van der Waals surface area contributed by atoms with Gasteiger partial charge in [0.05, 0.1) is 0 Å². The summed E-state index contributed by atoms with van der Waals surface area (Å²) in [6, 6.07) is 41.7. The number of hydrogen-bond acceptors (Lipinski definition) is 3. The molecule has 0 radical (unpaired) electrons. The second kappa shape index (κ2) is 13.5. The summed E-state index contributed by atoms with van der Waals surface area (Å²) in [7, 11) is -10.2. The van der Waals surface area contributed by atoms with Gasteiger partial charge in [-0.15, -0.1) is 6.58 Å². The Labute approximate surface area is 261 Å². The van der Waals surface area contributed by atoms with Crippen LogP contribution in [-0.4, -0.2) is 22.8 Å². The summed E-state index contributed by atoms with van der Waals surface area (Å²) in [5.74, 6) is 0. The first-order chi connectivity index (χ1) is 20.4. The molecule has 0 N–H and O–H groups in total. The summed E-state index contributed by atoms with van der Waals surface area (Å²) in [6.07, 6.45) is 3.60. The van der Waals surface area contributed by atoms with E-state index in [2.05, 4.69) is 145 Å². The summed E-state index contributed by atoms with van der Waals surface area (Å²) >= 11 is 0. The van der Waals surface area contributed by atoms with Crippen LogP contribution >= 0.6 is 7.60 Å². The van der Waals surface area contributed by atoms with Crippen LogP contribution < -0.4 is 20.7 Å². The van der Waals surface area contributed by atoms with Gasteiger partial charge < -0.3 is 8.43 Å². The zero-order valence-corrected chi connectivity index (χ0v) is 29.5. The molecule has 0 saturated carbocycles. The van der Waals surface area contributed by atoms with Crippen LogP contribution in [0.25, 0.3) is 0 Å². The second-order valence-corrected chi connectivity index (χ2v) is 24.4. The third-order valence-electron chi connectivity index (χ3n) is 8.23. The standard InChI is InChI=1S/C37H47O3PSi2/c1-8-9-22-31-41(38,39-42(36(2,3)4,32-23-14-10-15-24-32)33-25-16-11-17-26-33)40-43(37(5,6)7,34-27-18-12-19-28-34)35-29-20-13-21-30-35/h8,10-21,23-30H,1,9,22,31H2,2-7H3. The number of unbranched alkanes of at least 4 members (excludes halogenated alkanes) is 1. The smallest absolute Gasteiger partial charge is 0.312 e. The molecule has 0 unspecified atom stereocenters. The van der Waals surface area contributed by atoms with Gasteiger partial charge in [-0.25, -0.2) is 0 Å². The molecule has 0 aliphatic carbocycles. The minimum absolute atomic E-state index is 0.314. The Kier molecular flexibility index (Phi) is 10.4. The zero-order valence-electron chi connectivity index (χ0n) is 26.6. The monoisotopic (exact) mass is 626 g/mol. The molecule has 0 aliphatic rings. The molecule has 0 saturated heterocycles. The van der Waals surface area contributed by atoms with E-state index in [1.807, 2.05) is 30.3 Å². The van der Waals surface area contributed by atoms with Crippen molar-refractivity contribution in [1.82, 2.24) is 0 Å². The lowest BCUT2D eigenvalue weighted by Crippen LogP contribution is -2.68. The average molecular weight is 627 g/mol. The first-order valence-electron chi connectivity index (χ1n) is 15.2. The van der Waals surface area contributed by atoms with Crippen molar-refractivity contribution in [3.63, 3.8) is 0 Å². The van der Waals surface area contributed by atoms with E-state index in [4.69, 9.17) is 8.43 Å². The molecule has 0 fully saturated rings. The maximum atomic E-state index is 15.9.